The van der Waals surface area contributed by atoms with Crippen LogP contribution in [0.2, 0.25) is 0 Å². The second kappa shape index (κ2) is 7.01. The number of carbonyl (C=O) groups excluding carboxylic acids is 1. The van der Waals surface area contributed by atoms with E-state index >= 15 is 0 Å². The second-order valence-electron chi connectivity index (χ2n) is 5.18. The number of benzene rings is 1. The predicted octanol–water partition coefficient (Wildman–Crippen LogP) is 3.91. The van der Waals surface area contributed by atoms with Crippen molar-refractivity contribution in [1.29, 1.82) is 0 Å². The van der Waals surface area contributed by atoms with Gasteiger partial charge in [-0.1, -0.05) is 52.8 Å². The molecule has 0 saturated heterocycles. The maximum Gasteiger partial charge on any atom is 0.133 e. The lowest BCUT2D eigenvalue weighted by Gasteiger charge is -2.33. The third-order valence-electron chi connectivity index (χ3n) is 3.63. The van der Waals surface area contributed by atoms with Gasteiger partial charge < -0.3 is 0 Å². The molecule has 102 valence electrons. The molecule has 0 aliphatic heterocycles. The average Bonchev–Trinajstić information content (AvgIpc) is 2.39. The lowest BCUT2D eigenvalue weighted by Crippen LogP contribution is -2.38. The summed E-state index contributed by atoms with van der Waals surface area (Å²) in [5, 5.41) is 0. The Labute approximate surface area is 123 Å². The number of rotatable bonds is 5. The summed E-state index contributed by atoms with van der Waals surface area (Å²) in [5.74, 6) is 0.411. The van der Waals surface area contributed by atoms with Crippen LogP contribution in [-0.2, 0) is 11.3 Å². The van der Waals surface area contributed by atoms with Crippen LogP contribution in [0.4, 0.5) is 0 Å². The average molecular weight is 322 g/mol. The van der Waals surface area contributed by atoms with Crippen molar-refractivity contribution < 1.29 is 4.79 Å². The summed E-state index contributed by atoms with van der Waals surface area (Å²) in [4.78, 5) is 13.8. The van der Waals surface area contributed by atoms with Crippen LogP contribution in [0.15, 0.2) is 41.4 Å². The minimum Gasteiger partial charge on any atom is -0.300 e. The van der Waals surface area contributed by atoms with Gasteiger partial charge in [-0.15, -0.1) is 0 Å². The summed E-state index contributed by atoms with van der Waals surface area (Å²) in [6.45, 7) is 5.72. The van der Waals surface area contributed by atoms with E-state index in [0.29, 0.717) is 11.8 Å². The van der Waals surface area contributed by atoms with Crippen LogP contribution in [0.1, 0.15) is 31.2 Å². The van der Waals surface area contributed by atoms with Crippen molar-refractivity contribution in [3.63, 3.8) is 0 Å². The highest BCUT2D eigenvalue weighted by Crippen LogP contribution is 2.23. The number of carbonyl (C=O) groups is 1. The maximum atomic E-state index is 11.4. The Balaban J connectivity index is 2.03. The van der Waals surface area contributed by atoms with Crippen LogP contribution < -0.4 is 0 Å². The first-order valence-corrected chi connectivity index (χ1v) is 7.57. The molecule has 0 unspecified atom stereocenters. The molecule has 19 heavy (non-hydrogen) atoms. The lowest BCUT2D eigenvalue weighted by atomic mass is 9.93. The number of nitrogens with zero attached hydrogens (tertiary/aromatic N) is 1. The summed E-state index contributed by atoms with van der Waals surface area (Å²) in [6.07, 6.45) is 3.41. The molecule has 0 aromatic heterocycles. The molecular weight excluding hydrogens is 302 g/mol. The van der Waals surface area contributed by atoms with E-state index in [1.807, 2.05) is 6.07 Å². The van der Waals surface area contributed by atoms with Crippen molar-refractivity contribution in [2.75, 3.05) is 6.54 Å². The molecule has 2 nitrogen and oxygen atoms in total. The summed E-state index contributed by atoms with van der Waals surface area (Å²) >= 11 is 3.46. The van der Waals surface area contributed by atoms with E-state index in [2.05, 4.69) is 51.7 Å². The van der Waals surface area contributed by atoms with E-state index in [4.69, 9.17) is 0 Å². The van der Waals surface area contributed by atoms with Gasteiger partial charge in [-0.2, -0.15) is 0 Å². The van der Waals surface area contributed by atoms with Crippen molar-refractivity contribution in [3.8, 4) is 0 Å². The zero-order chi connectivity index (χ0) is 13.7. The minimum atomic E-state index is 0.411. The molecule has 0 spiro atoms. The van der Waals surface area contributed by atoms with Crippen molar-refractivity contribution in [2.24, 2.45) is 0 Å². The van der Waals surface area contributed by atoms with Crippen LogP contribution in [0.5, 0.6) is 0 Å². The Morgan fingerprint density at radius 1 is 1.26 bits per heavy atom. The molecule has 1 aromatic carbocycles. The van der Waals surface area contributed by atoms with Crippen LogP contribution in [0.25, 0.3) is 0 Å². The third kappa shape index (κ3) is 4.59. The van der Waals surface area contributed by atoms with Crippen molar-refractivity contribution in [2.45, 2.75) is 38.3 Å². The van der Waals surface area contributed by atoms with Crippen molar-refractivity contribution >= 4 is 21.7 Å². The van der Waals surface area contributed by atoms with Gasteiger partial charge in [0.15, 0.2) is 0 Å². The smallest absolute Gasteiger partial charge is 0.133 e. The number of halogens is 1. The van der Waals surface area contributed by atoms with Crippen molar-refractivity contribution in [1.82, 2.24) is 4.90 Å². The topological polar surface area (TPSA) is 20.3 Å². The van der Waals surface area contributed by atoms with Gasteiger partial charge >= 0.3 is 0 Å². The molecule has 0 bridgehead atoms. The predicted molar refractivity (Wildman–Crippen MR) is 82.2 cm³/mol. The molecule has 1 aromatic rings. The van der Waals surface area contributed by atoms with E-state index in [1.165, 1.54) is 5.56 Å². The molecule has 0 atom stereocenters. The van der Waals surface area contributed by atoms with Gasteiger partial charge in [-0.25, -0.2) is 0 Å². The van der Waals surface area contributed by atoms with Gasteiger partial charge in [0.05, 0.1) is 0 Å². The van der Waals surface area contributed by atoms with Crippen LogP contribution in [-0.4, -0.2) is 23.3 Å². The molecule has 1 saturated carbocycles. The normalized spacial score (nSPS) is 16.8. The van der Waals surface area contributed by atoms with Gasteiger partial charge in [-0.05, 0) is 18.4 Å². The number of hydrogen-bond donors (Lipinski definition) is 0. The molecule has 1 aliphatic carbocycles. The number of Topliss-reactive ketones (excluding diaryl/α,β-unsaturated/α-hetero) is 1. The summed E-state index contributed by atoms with van der Waals surface area (Å²) in [6, 6.07) is 11.0. The molecule has 0 amide bonds. The summed E-state index contributed by atoms with van der Waals surface area (Å²) in [5.41, 5.74) is 1.31. The Morgan fingerprint density at radius 3 is 2.47 bits per heavy atom. The highest BCUT2D eigenvalue weighted by atomic mass is 79.9. The monoisotopic (exact) mass is 321 g/mol. The second-order valence-corrected chi connectivity index (χ2v) is 6.30. The van der Waals surface area contributed by atoms with E-state index in [9.17, 15) is 4.79 Å². The molecular formula is C16H20BrNO. The number of hydrogen-bond acceptors (Lipinski definition) is 2. The van der Waals surface area contributed by atoms with Gasteiger partial charge in [0.1, 0.15) is 5.78 Å². The molecule has 1 aliphatic rings. The molecule has 1 fully saturated rings. The van der Waals surface area contributed by atoms with Gasteiger partial charge in [0, 0.05) is 36.5 Å². The summed E-state index contributed by atoms with van der Waals surface area (Å²) in [7, 11) is 0. The van der Waals surface area contributed by atoms with Gasteiger partial charge in [-0.3, -0.25) is 9.69 Å². The first-order valence-electron chi connectivity index (χ1n) is 6.78. The van der Waals surface area contributed by atoms with E-state index in [0.717, 1.165) is 43.3 Å². The molecule has 0 radical (unpaired) electrons. The van der Waals surface area contributed by atoms with Gasteiger partial charge in [0.25, 0.3) is 0 Å². The molecule has 3 heteroatoms. The zero-order valence-electron chi connectivity index (χ0n) is 11.1. The Bertz CT molecular complexity index is 433. The maximum absolute atomic E-state index is 11.4. The summed E-state index contributed by atoms with van der Waals surface area (Å²) < 4.78 is 1.00. The highest BCUT2D eigenvalue weighted by Gasteiger charge is 2.24. The van der Waals surface area contributed by atoms with Crippen LogP contribution in [0.3, 0.4) is 0 Å². The minimum absolute atomic E-state index is 0.411. The SMILES string of the molecule is C=C(Br)CN(Cc1ccccc1)C1CCC(=O)CC1. The standard InChI is InChI=1S/C16H20BrNO/c1-13(17)11-18(12-14-5-3-2-4-6-14)15-7-9-16(19)10-8-15/h2-6,15H,1,7-12H2. The third-order valence-corrected chi connectivity index (χ3v) is 3.88. The largest absolute Gasteiger partial charge is 0.300 e. The molecule has 2 rings (SSSR count). The quantitative estimate of drug-likeness (QED) is 0.819. The fourth-order valence-corrected chi connectivity index (χ4v) is 2.96. The van der Waals surface area contributed by atoms with E-state index in [-0.39, 0.29) is 0 Å². The Kier molecular flexibility index (Phi) is 5.34. The zero-order valence-corrected chi connectivity index (χ0v) is 12.7. The van der Waals surface area contributed by atoms with Crippen LogP contribution >= 0.6 is 15.9 Å². The van der Waals surface area contributed by atoms with E-state index in [1.54, 1.807) is 0 Å². The Hall–Kier alpha value is -0.930. The first kappa shape index (κ1) is 14.5. The highest BCUT2D eigenvalue weighted by molar-refractivity contribution is 9.11. The van der Waals surface area contributed by atoms with Gasteiger partial charge in [0.2, 0.25) is 0 Å². The van der Waals surface area contributed by atoms with Crippen molar-refractivity contribution in [3.05, 3.63) is 47.0 Å². The fraction of sp³-hybridized carbons (Fsp3) is 0.438. The Morgan fingerprint density at radius 2 is 1.89 bits per heavy atom. The first-order chi connectivity index (χ1) is 9.15. The van der Waals surface area contributed by atoms with E-state index < -0.39 is 0 Å². The molecule has 0 N–H and O–H groups in total. The van der Waals surface area contributed by atoms with Crippen LogP contribution in [0, 0.1) is 0 Å². The lowest BCUT2D eigenvalue weighted by molar-refractivity contribution is -0.121. The number of ketones is 1. The fourth-order valence-electron chi connectivity index (χ4n) is 2.64. The molecule has 0 heterocycles.